The molecular weight excluding hydrogens is 412 g/mol. The van der Waals surface area contributed by atoms with E-state index in [1.54, 1.807) is 19.3 Å². The molecule has 8 atom stereocenters. The SMILES string of the molecule is CC#Cc1cnn(CC2(C3CCC4[C@@H]5CC[C@]6(CCC)C[C@@H](C)CC[C@@H]6C5CC[C@@]43C)CC2)c1. The number of nitrogens with zero attached hydrogens (tertiary/aromatic N) is 2. The summed E-state index contributed by atoms with van der Waals surface area (Å²) in [5, 5.41) is 4.71. The molecule has 0 aliphatic heterocycles. The zero-order valence-electron chi connectivity index (χ0n) is 22.4. The molecule has 0 spiro atoms. The van der Waals surface area contributed by atoms with Crippen LogP contribution in [-0.2, 0) is 6.54 Å². The summed E-state index contributed by atoms with van der Waals surface area (Å²) in [7, 11) is 0. The minimum atomic E-state index is 0.514. The van der Waals surface area contributed by atoms with Gasteiger partial charge in [-0.15, -0.1) is 5.92 Å². The number of fused-ring (bicyclic) bond motifs is 5. The second-order valence-corrected chi connectivity index (χ2v) is 13.9. The van der Waals surface area contributed by atoms with Crippen molar-refractivity contribution < 1.29 is 0 Å². The molecule has 0 aromatic carbocycles. The molecule has 2 heteroatoms. The summed E-state index contributed by atoms with van der Waals surface area (Å²) in [6.45, 7) is 10.8. The Hall–Kier alpha value is -1.23. The van der Waals surface area contributed by atoms with Gasteiger partial charge in [0.05, 0.1) is 11.8 Å². The Kier molecular flexibility index (Phi) is 5.74. The van der Waals surface area contributed by atoms with Gasteiger partial charge >= 0.3 is 0 Å². The molecule has 34 heavy (non-hydrogen) atoms. The standard InChI is InChI=1S/C32H48N2/c1-5-7-24-20-33-34(21-24)22-32(17-18-32)29-11-10-27-25-13-16-31(14-6-2)19-23(3)8-9-28(31)26(25)12-15-30(27,29)4/h20-21,23,25-29H,6,8-19,22H2,1-4H3/t23-,25+,26?,27?,28+,29?,30-,31+/m0/s1. The van der Waals surface area contributed by atoms with Gasteiger partial charge in [0.15, 0.2) is 0 Å². The average Bonchev–Trinajstić information content (AvgIpc) is 3.28. The maximum atomic E-state index is 4.71. The zero-order valence-corrected chi connectivity index (χ0v) is 22.4. The Morgan fingerprint density at radius 2 is 1.74 bits per heavy atom. The first-order valence-electron chi connectivity index (χ1n) is 14.9. The number of hydrogen-bond acceptors (Lipinski definition) is 1. The summed E-state index contributed by atoms with van der Waals surface area (Å²) in [5.41, 5.74) is 2.87. The highest BCUT2D eigenvalue weighted by Crippen LogP contribution is 2.72. The second-order valence-electron chi connectivity index (χ2n) is 13.9. The maximum Gasteiger partial charge on any atom is 0.0646 e. The van der Waals surface area contributed by atoms with E-state index in [-0.39, 0.29) is 0 Å². The van der Waals surface area contributed by atoms with Crippen LogP contribution in [0.2, 0.25) is 0 Å². The number of aromatic nitrogens is 2. The van der Waals surface area contributed by atoms with Crippen LogP contribution in [0.1, 0.15) is 117 Å². The van der Waals surface area contributed by atoms with Crippen LogP contribution < -0.4 is 0 Å². The van der Waals surface area contributed by atoms with Gasteiger partial charge in [0.2, 0.25) is 0 Å². The Labute approximate surface area is 209 Å². The van der Waals surface area contributed by atoms with Gasteiger partial charge in [-0.25, -0.2) is 0 Å². The molecule has 2 nitrogen and oxygen atoms in total. The quantitative estimate of drug-likeness (QED) is 0.406. The van der Waals surface area contributed by atoms with E-state index < -0.39 is 0 Å². The molecule has 5 aliphatic carbocycles. The molecule has 6 rings (SSSR count). The lowest BCUT2D eigenvalue weighted by molar-refractivity contribution is -0.118. The van der Waals surface area contributed by atoms with E-state index in [0.29, 0.717) is 16.2 Å². The van der Waals surface area contributed by atoms with Crippen LogP contribution >= 0.6 is 0 Å². The normalized spacial score (nSPS) is 44.4. The lowest BCUT2D eigenvalue weighted by atomic mass is 9.44. The van der Waals surface area contributed by atoms with E-state index in [1.807, 2.05) is 13.1 Å². The third-order valence-corrected chi connectivity index (χ3v) is 12.3. The predicted molar refractivity (Wildman–Crippen MR) is 140 cm³/mol. The summed E-state index contributed by atoms with van der Waals surface area (Å²) in [4.78, 5) is 0. The van der Waals surface area contributed by atoms with E-state index in [2.05, 4.69) is 43.5 Å². The van der Waals surface area contributed by atoms with E-state index in [9.17, 15) is 0 Å². The van der Waals surface area contributed by atoms with Crippen LogP contribution in [0, 0.1) is 63.6 Å². The topological polar surface area (TPSA) is 17.8 Å². The smallest absolute Gasteiger partial charge is 0.0646 e. The molecule has 1 aromatic rings. The molecule has 5 fully saturated rings. The average molecular weight is 461 g/mol. The summed E-state index contributed by atoms with van der Waals surface area (Å²) >= 11 is 0. The molecule has 0 saturated heterocycles. The van der Waals surface area contributed by atoms with Gasteiger partial charge in [-0.2, -0.15) is 5.10 Å². The summed E-state index contributed by atoms with van der Waals surface area (Å²) in [5.74, 6) is 12.2. The lowest BCUT2D eigenvalue weighted by Crippen LogP contribution is -2.53. The Morgan fingerprint density at radius 1 is 0.971 bits per heavy atom. The van der Waals surface area contributed by atoms with Crippen molar-refractivity contribution >= 4 is 0 Å². The summed E-state index contributed by atoms with van der Waals surface area (Å²) in [6.07, 6.45) is 23.6. The van der Waals surface area contributed by atoms with Crippen LogP contribution in [0.3, 0.4) is 0 Å². The first kappa shape index (κ1) is 23.2. The van der Waals surface area contributed by atoms with E-state index >= 15 is 0 Å². The third kappa shape index (κ3) is 3.54. The van der Waals surface area contributed by atoms with Crippen molar-refractivity contribution in [2.24, 2.45) is 51.8 Å². The van der Waals surface area contributed by atoms with Gasteiger partial charge in [-0.05, 0) is 129 Å². The second kappa shape index (κ2) is 8.42. The molecule has 1 aromatic heterocycles. The Bertz CT molecular complexity index is 959. The van der Waals surface area contributed by atoms with Crippen LogP contribution in [0.5, 0.6) is 0 Å². The molecule has 0 amide bonds. The van der Waals surface area contributed by atoms with Gasteiger partial charge in [0.25, 0.3) is 0 Å². The molecule has 0 radical (unpaired) electrons. The summed E-state index contributed by atoms with van der Waals surface area (Å²) < 4.78 is 2.23. The first-order chi connectivity index (χ1) is 16.4. The van der Waals surface area contributed by atoms with Crippen LogP contribution in [0.4, 0.5) is 0 Å². The Morgan fingerprint density at radius 3 is 2.50 bits per heavy atom. The van der Waals surface area contributed by atoms with Crippen molar-refractivity contribution in [2.45, 2.75) is 118 Å². The highest BCUT2D eigenvalue weighted by atomic mass is 15.3. The van der Waals surface area contributed by atoms with Crippen LogP contribution in [0.25, 0.3) is 0 Å². The highest BCUT2D eigenvalue weighted by molar-refractivity contribution is 5.29. The molecule has 0 bridgehead atoms. The number of rotatable bonds is 5. The molecule has 3 unspecified atom stereocenters. The van der Waals surface area contributed by atoms with E-state index in [0.717, 1.165) is 47.6 Å². The Balaban J connectivity index is 1.22. The summed E-state index contributed by atoms with van der Waals surface area (Å²) in [6, 6.07) is 0. The zero-order chi connectivity index (χ0) is 23.6. The van der Waals surface area contributed by atoms with Gasteiger partial charge in [0, 0.05) is 12.7 Å². The van der Waals surface area contributed by atoms with Crippen molar-refractivity contribution in [2.75, 3.05) is 0 Å². The fourth-order valence-corrected chi connectivity index (χ4v) is 11.0. The maximum absolute atomic E-state index is 4.71. The van der Waals surface area contributed by atoms with E-state index in [4.69, 9.17) is 5.10 Å². The highest BCUT2D eigenvalue weighted by Gasteiger charge is 2.65. The third-order valence-electron chi connectivity index (χ3n) is 12.3. The molecular formula is C32H48N2. The van der Waals surface area contributed by atoms with Crippen molar-refractivity contribution in [3.8, 4) is 11.8 Å². The molecule has 5 aliphatic rings. The largest absolute Gasteiger partial charge is 0.271 e. The van der Waals surface area contributed by atoms with Crippen molar-refractivity contribution in [1.29, 1.82) is 0 Å². The van der Waals surface area contributed by atoms with Gasteiger partial charge < -0.3 is 0 Å². The van der Waals surface area contributed by atoms with Crippen molar-refractivity contribution in [1.82, 2.24) is 9.78 Å². The molecule has 1 heterocycles. The molecule has 186 valence electrons. The fourth-order valence-electron chi connectivity index (χ4n) is 11.0. The number of hydrogen-bond donors (Lipinski definition) is 0. The van der Waals surface area contributed by atoms with Gasteiger partial charge in [-0.1, -0.05) is 39.5 Å². The fraction of sp³-hybridized carbons (Fsp3) is 0.844. The van der Waals surface area contributed by atoms with Gasteiger partial charge in [-0.3, -0.25) is 4.68 Å². The first-order valence-corrected chi connectivity index (χ1v) is 14.9. The minimum absolute atomic E-state index is 0.514. The lowest BCUT2D eigenvalue weighted by Gasteiger charge is -2.61. The van der Waals surface area contributed by atoms with Crippen LogP contribution in [-0.4, -0.2) is 9.78 Å². The monoisotopic (exact) mass is 460 g/mol. The predicted octanol–water partition coefficient (Wildman–Crippen LogP) is 8.11. The van der Waals surface area contributed by atoms with Crippen molar-refractivity contribution in [3.05, 3.63) is 18.0 Å². The van der Waals surface area contributed by atoms with Gasteiger partial charge in [0.1, 0.15) is 0 Å². The molecule has 5 saturated carbocycles. The molecule has 0 N–H and O–H groups in total. The minimum Gasteiger partial charge on any atom is -0.271 e. The van der Waals surface area contributed by atoms with Crippen molar-refractivity contribution in [3.63, 3.8) is 0 Å². The van der Waals surface area contributed by atoms with Crippen LogP contribution in [0.15, 0.2) is 12.4 Å². The van der Waals surface area contributed by atoms with E-state index in [1.165, 1.54) is 64.2 Å².